The van der Waals surface area contributed by atoms with Crippen LogP contribution in [0.2, 0.25) is 0 Å². The van der Waals surface area contributed by atoms with E-state index in [0.29, 0.717) is 6.42 Å². The molecule has 0 bridgehead atoms. The van der Waals surface area contributed by atoms with Crippen LogP contribution < -0.4 is 16.2 Å². The number of nitrogens with one attached hydrogen (secondary N) is 1. The maximum atomic E-state index is 12.8. The van der Waals surface area contributed by atoms with E-state index in [1.165, 1.54) is 11.9 Å². The summed E-state index contributed by atoms with van der Waals surface area (Å²) in [6.45, 7) is 0. The summed E-state index contributed by atoms with van der Waals surface area (Å²) in [5.41, 5.74) is 1.19. The lowest BCUT2D eigenvalue weighted by atomic mass is 10.2. The van der Waals surface area contributed by atoms with Crippen LogP contribution in [0, 0.1) is 0 Å². The van der Waals surface area contributed by atoms with E-state index in [1.54, 1.807) is 0 Å². The van der Waals surface area contributed by atoms with Gasteiger partial charge in [-0.25, -0.2) is 19.2 Å². The lowest BCUT2D eigenvalue weighted by Crippen LogP contribution is -2.33. The van der Waals surface area contributed by atoms with Crippen LogP contribution in [0.15, 0.2) is 12.1 Å². The van der Waals surface area contributed by atoms with E-state index in [4.69, 9.17) is 5.84 Å². The zero-order valence-corrected chi connectivity index (χ0v) is 12.0. The quantitative estimate of drug-likeness (QED) is 0.637. The minimum atomic E-state index is -4.54. The molecule has 0 saturated carbocycles. The van der Waals surface area contributed by atoms with E-state index in [-0.39, 0.29) is 23.1 Å². The zero-order chi connectivity index (χ0) is 15.8. The predicted molar refractivity (Wildman–Crippen MR) is 72.5 cm³/mol. The van der Waals surface area contributed by atoms with Crippen molar-refractivity contribution in [1.29, 1.82) is 0 Å². The van der Waals surface area contributed by atoms with E-state index in [0.717, 1.165) is 12.1 Å². The first-order chi connectivity index (χ1) is 9.62. The maximum Gasteiger partial charge on any atom is 0.416 e. The molecular weight excluding hydrogens is 309 g/mol. The molecule has 0 amide bonds. The fourth-order valence-electron chi connectivity index (χ4n) is 2.20. The Morgan fingerprint density at radius 1 is 1.43 bits per heavy atom. The topological polar surface area (TPSA) is 88.3 Å². The van der Waals surface area contributed by atoms with Crippen LogP contribution in [0.4, 0.5) is 24.8 Å². The molecule has 1 fully saturated rings. The Labute approximate surface area is 120 Å². The Morgan fingerprint density at radius 3 is 2.57 bits per heavy atom. The van der Waals surface area contributed by atoms with Crippen molar-refractivity contribution in [3.8, 4) is 0 Å². The molecule has 1 aliphatic rings. The van der Waals surface area contributed by atoms with Gasteiger partial charge in [-0.15, -0.1) is 0 Å². The molecule has 1 aromatic heterocycles. The molecule has 1 saturated heterocycles. The van der Waals surface area contributed by atoms with E-state index in [2.05, 4.69) is 10.4 Å². The van der Waals surface area contributed by atoms with Gasteiger partial charge < -0.3 is 10.3 Å². The van der Waals surface area contributed by atoms with Crippen molar-refractivity contribution in [2.75, 3.05) is 28.9 Å². The first-order valence-corrected chi connectivity index (χ1v) is 7.94. The molecule has 0 spiro atoms. The maximum absolute atomic E-state index is 12.8. The minimum absolute atomic E-state index is 0.0277. The standard InChI is InChI=1S/C11H15F3N4O2S/c1-18(8-2-3-21(19,20)6-8)10-5-7(11(12,13)14)4-9(16-10)17-15/h4-5,8H,2-3,6,15H2,1H3,(H,16,17). The number of nitrogen functional groups attached to an aromatic ring is 1. The Hall–Kier alpha value is -1.55. The van der Waals surface area contributed by atoms with Gasteiger partial charge in [0.1, 0.15) is 11.6 Å². The van der Waals surface area contributed by atoms with Gasteiger partial charge in [-0.05, 0) is 18.6 Å². The number of rotatable bonds is 3. The SMILES string of the molecule is CN(c1cc(C(F)(F)F)cc(NN)n1)C1CCS(=O)(=O)C1. The molecule has 118 valence electrons. The molecule has 1 aliphatic heterocycles. The molecule has 0 radical (unpaired) electrons. The predicted octanol–water partition coefficient (Wildman–Crippen LogP) is 1.01. The normalized spacial score (nSPS) is 21.3. The van der Waals surface area contributed by atoms with Gasteiger partial charge in [0.25, 0.3) is 0 Å². The smallest absolute Gasteiger partial charge is 0.356 e. The van der Waals surface area contributed by atoms with E-state index in [9.17, 15) is 21.6 Å². The molecule has 0 aromatic carbocycles. The Kier molecular flexibility index (Phi) is 4.02. The van der Waals surface area contributed by atoms with Crippen LogP contribution in [-0.4, -0.2) is 38.0 Å². The molecular formula is C11H15F3N4O2S. The van der Waals surface area contributed by atoms with Gasteiger partial charge in [0.2, 0.25) is 0 Å². The van der Waals surface area contributed by atoms with Crippen LogP contribution in [-0.2, 0) is 16.0 Å². The highest BCUT2D eigenvalue weighted by atomic mass is 32.2. The van der Waals surface area contributed by atoms with Crippen LogP contribution in [0.25, 0.3) is 0 Å². The van der Waals surface area contributed by atoms with Gasteiger partial charge >= 0.3 is 6.18 Å². The third kappa shape index (κ3) is 3.56. The minimum Gasteiger partial charge on any atom is -0.356 e. The molecule has 2 heterocycles. The van der Waals surface area contributed by atoms with Crippen molar-refractivity contribution < 1.29 is 21.6 Å². The Balaban J connectivity index is 2.35. The number of sulfone groups is 1. The number of hydrogen-bond acceptors (Lipinski definition) is 6. The fourth-order valence-corrected chi connectivity index (χ4v) is 3.98. The second kappa shape index (κ2) is 5.34. The summed E-state index contributed by atoms with van der Waals surface area (Å²) in [6.07, 6.45) is -4.17. The van der Waals surface area contributed by atoms with Crippen molar-refractivity contribution in [3.63, 3.8) is 0 Å². The van der Waals surface area contributed by atoms with Crippen molar-refractivity contribution in [3.05, 3.63) is 17.7 Å². The van der Waals surface area contributed by atoms with Gasteiger partial charge in [-0.3, -0.25) is 0 Å². The van der Waals surface area contributed by atoms with Crippen molar-refractivity contribution in [2.45, 2.75) is 18.6 Å². The second-order valence-electron chi connectivity index (χ2n) is 4.91. The summed E-state index contributed by atoms with van der Waals surface area (Å²) in [4.78, 5) is 5.40. The molecule has 3 N–H and O–H groups in total. The Bertz CT molecular complexity index is 633. The van der Waals surface area contributed by atoms with E-state index >= 15 is 0 Å². The van der Waals surface area contributed by atoms with Crippen molar-refractivity contribution in [1.82, 2.24) is 4.98 Å². The number of hydrazine groups is 1. The summed E-state index contributed by atoms with van der Waals surface area (Å²) in [6, 6.07) is 1.28. The molecule has 1 atom stereocenters. The molecule has 0 aliphatic carbocycles. The number of anilines is 2. The summed E-state index contributed by atoms with van der Waals surface area (Å²) in [7, 11) is -1.61. The van der Waals surface area contributed by atoms with E-state index < -0.39 is 27.6 Å². The number of nitrogens with two attached hydrogens (primary N) is 1. The van der Waals surface area contributed by atoms with Gasteiger partial charge in [-0.2, -0.15) is 13.2 Å². The fraction of sp³-hybridized carbons (Fsp3) is 0.545. The van der Waals surface area contributed by atoms with Crippen LogP contribution in [0.5, 0.6) is 0 Å². The summed E-state index contributed by atoms with van der Waals surface area (Å²) in [5, 5.41) is 0. The van der Waals surface area contributed by atoms with Crippen LogP contribution in [0.3, 0.4) is 0 Å². The second-order valence-corrected chi connectivity index (χ2v) is 7.14. The zero-order valence-electron chi connectivity index (χ0n) is 11.2. The highest BCUT2D eigenvalue weighted by Gasteiger charge is 2.34. The monoisotopic (exact) mass is 324 g/mol. The third-order valence-corrected chi connectivity index (χ3v) is 5.15. The molecule has 2 rings (SSSR count). The highest BCUT2D eigenvalue weighted by Crippen LogP contribution is 2.33. The summed E-state index contributed by atoms with van der Waals surface area (Å²) in [5.74, 6) is 4.97. The molecule has 21 heavy (non-hydrogen) atoms. The first-order valence-electron chi connectivity index (χ1n) is 6.11. The summed E-state index contributed by atoms with van der Waals surface area (Å²) < 4.78 is 61.4. The lowest BCUT2D eigenvalue weighted by molar-refractivity contribution is -0.137. The number of aromatic nitrogens is 1. The van der Waals surface area contributed by atoms with Crippen molar-refractivity contribution >= 4 is 21.5 Å². The number of nitrogens with zero attached hydrogens (tertiary/aromatic N) is 2. The summed E-state index contributed by atoms with van der Waals surface area (Å²) >= 11 is 0. The number of halogens is 3. The van der Waals surface area contributed by atoms with Crippen LogP contribution >= 0.6 is 0 Å². The van der Waals surface area contributed by atoms with Crippen LogP contribution in [0.1, 0.15) is 12.0 Å². The largest absolute Gasteiger partial charge is 0.416 e. The van der Waals surface area contributed by atoms with E-state index in [1.807, 2.05) is 0 Å². The third-order valence-electron chi connectivity index (χ3n) is 3.40. The number of alkyl halides is 3. The average Bonchev–Trinajstić information content (AvgIpc) is 2.76. The van der Waals surface area contributed by atoms with Crippen molar-refractivity contribution in [2.24, 2.45) is 5.84 Å². The lowest BCUT2D eigenvalue weighted by Gasteiger charge is -2.25. The van der Waals surface area contributed by atoms with Gasteiger partial charge in [0.05, 0.1) is 17.1 Å². The first kappa shape index (κ1) is 15.8. The number of hydrogen-bond donors (Lipinski definition) is 2. The molecule has 1 unspecified atom stereocenters. The number of pyridine rings is 1. The highest BCUT2D eigenvalue weighted by molar-refractivity contribution is 7.91. The van der Waals surface area contributed by atoms with Gasteiger partial charge in [0, 0.05) is 13.1 Å². The molecule has 1 aromatic rings. The Morgan fingerprint density at radius 2 is 2.10 bits per heavy atom. The average molecular weight is 324 g/mol. The molecule has 10 heteroatoms. The molecule has 6 nitrogen and oxygen atoms in total. The van der Waals surface area contributed by atoms with Gasteiger partial charge in [0.15, 0.2) is 9.84 Å². The van der Waals surface area contributed by atoms with Gasteiger partial charge in [-0.1, -0.05) is 0 Å².